The average Bonchev–Trinajstić information content (AvgIpc) is 3.20. The van der Waals surface area contributed by atoms with Gasteiger partial charge in [-0.1, -0.05) is 13.8 Å². The second kappa shape index (κ2) is 6.32. The van der Waals surface area contributed by atoms with E-state index in [-0.39, 0.29) is 11.9 Å². The maximum atomic E-state index is 12.0. The molecule has 22 heavy (non-hydrogen) atoms. The Balaban J connectivity index is 1.67. The molecular weight excluding hydrogens is 278 g/mol. The number of hydrogen-bond acceptors (Lipinski definition) is 4. The van der Waals surface area contributed by atoms with Crippen LogP contribution in [0.15, 0.2) is 34.9 Å². The number of nitrogens with one attached hydrogen (secondary N) is 2. The summed E-state index contributed by atoms with van der Waals surface area (Å²) in [6.45, 7) is 5.05. The molecule has 1 unspecified atom stereocenters. The van der Waals surface area contributed by atoms with Crippen LogP contribution in [-0.2, 0) is 4.79 Å². The third kappa shape index (κ3) is 3.20. The lowest BCUT2D eigenvalue weighted by Crippen LogP contribution is -2.35. The third-order valence-corrected chi connectivity index (χ3v) is 3.87. The highest BCUT2D eigenvalue weighted by Gasteiger charge is 2.21. The number of amides is 1. The molecule has 0 saturated carbocycles. The molecule has 0 bridgehead atoms. The molecule has 0 spiro atoms. The largest absolute Gasteiger partial charge is 0.441 e. The van der Waals surface area contributed by atoms with Gasteiger partial charge in [-0.3, -0.25) is 4.79 Å². The minimum atomic E-state index is -0.0694. The van der Waals surface area contributed by atoms with Crippen LogP contribution in [0.25, 0.3) is 11.5 Å². The van der Waals surface area contributed by atoms with Gasteiger partial charge in [0.2, 0.25) is 11.8 Å². The number of rotatable bonds is 4. The van der Waals surface area contributed by atoms with Crippen molar-refractivity contribution in [3.8, 4) is 11.5 Å². The second-order valence-corrected chi connectivity index (χ2v) is 5.94. The first-order valence-corrected chi connectivity index (χ1v) is 7.74. The molecule has 1 aromatic heterocycles. The molecule has 0 radical (unpaired) electrons. The highest BCUT2D eigenvalue weighted by molar-refractivity contribution is 5.95. The number of carbonyl (C=O) groups is 1. The Hall–Kier alpha value is -2.14. The van der Waals surface area contributed by atoms with E-state index in [0.29, 0.717) is 11.8 Å². The second-order valence-electron chi connectivity index (χ2n) is 5.94. The number of anilines is 1. The molecule has 0 aliphatic carbocycles. The average molecular weight is 299 g/mol. The first kappa shape index (κ1) is 14.8. The van der Waals surface area contributed by atoms with Crippen LogP contribution in [0.4, 0.5) is 5.69 Å². The van der Waals surface area contributed by atoms with Crippen molar-refractivity contribution >= 4 is 11.6 Å². The van der Waals surface area contributed by atoms with Crippen molar-refractivity contribution in [2.45, 2.75) is 38.6 Å². The van der Waals surface area contributed by atoms with Crippen molar-refractivity contribution in [3.63, 3.8) is 0 Å². The topological polar surface area (TPSA) is 67.2 Å². The molecule has 1 amide bonds. The molecule has 1 aromatic carbocycles. The fourth-order valence-electron chi connectivity index (χ4n) is 2.52. The Morgan fingerprint density at radius 3 is 2.73 bits per heavy atom. The Morgan fingerprint density at radius 2 is 2.14 bits per heavy atom. The Morgan fingerprint density at radius 1 is 1.36 bits per heavy atom. The summed E-state index contributed by atoms with van der Waals surface area (Å²) in [5.41, 5.74) is 1.70. The monoisotopic (exact) mass is 299 g/mol. The fraction of sp³-hybridized carbons (Fsp3) is 0.412. The van der Waals surface area contributed by atoms with Gasteiger partial charge in [0, 0.05) is 17.2 Å². The number of benzene rings is 1. The molecule has 2 N–H and O–H groups in total. The highest BCUT2D eigenvalue weighted by Crippen LogP contribution is 2.24. The molecule has 5 nitrogen and oxygen atoms in total. The predicted octanol–water partition coefficient (Wildman–Crippen LogP) is 3.16. The van der Waals surface area contributed by atoms with Crippen molar-refractivity contribution in [1.82, 2.24) is 10.3 Å². The lowest BCUT2D eigenvalue weighted by atomic mass is 10.2. The lowest BCUT2D eigenvalue weighted by Gasteiger charge is -2.11. The maximum Gasteiger partial charge on any atom is 0.241 e. The van der Waals surface area contributed by atoms with Crippen molar-refractivity contribution < 1.29 is 9.21 Å². The predicted molar refractivity (Wildman–Crippen MR) is 85.7 cm³/mol. The molecular formula is C17H21N3O2. The number of oxazole rings is 1. The number of hydrogen-bond donors (Lipinski definition) is 2. The van der Waals surface area contributed by atoms with Crippen molar-refractivity contribution in [2.24, 2.45) is 0 Å². The number of nitrogens with zero attached hydrogens (tertiary/aromatic N) is 1. The lowest BCUT2D eigenvalue weighted by molar-refractivity contribution is -0.117. The summed E-state index contributed by atoms with van der Waals surface area (Å²) in [4.78, 5) is 16.3. The van der Waals surface area contributed by atoms with Gasteiger partial charge in [0.1, 0.15) is 5.76 Å². The van der Waals surface area contributed by atoms with Gasteiger partial charge < -0.3 is 15.1 Å². The summed E-state index contributed by atoms with van der Waals surface area (Å²) in [5.74, 6) is 1.83. The van der Waals surface area contributed by atoms with Gasteiger partial charge in [-0.25, -0.2) is 4.98 Å². The van der Waals surface area contributed by atoms with E-state index >= 15 is 0 Å². The summed E-state index contributed by atoms with van der Waals surface area (Å²) >= 11 is 0. The summed E-state index contributed by atoms with van der Waals surface area (Å²) in [6.07, 6.45) is 3.72. The molecule has 1 fully saturated rings. The fourth-order valence-corrected chi connectivity index (χ4v) is 2.52. The van der Waals surface area contributed by atoms with Gasteiger partial charge in [0.25, 0.3) is 0 Å². The standard InChI is InChI=1S/C17H21N3O2/c1-11(2)15-10-19-17(22-15)12-5-7-13(8-6-12)20-16(21)14-4-3-9-18-14/h5-8,10-11,14,18H,3-4,9H2,1-2H3,(H,20,21). The van der Waals surface area contributed by atoms with Gasteiger partial charge in [0.05, 0.1) is 12.2 Å². The maximum absolute atomic E-state index is 12.0. The van der Waals surface area contributed by atoms with E-state index in [9.17, 15) is 4.79 Å². The minimum Gasteiger partial charge on any atom is -0.441 e. The van der Waals surface area contributed by atoms with Gasteiger partial charge in [-0.15, -0.1) is 0 Å². The quantitative estimate of drug-likeness (QED) is 0.910. The Kier molecular flexibility index (Phi) is 4.24. The molecule has 1 atom stereocenters. The van der Waals surface area contributed by atoms with E-state index in [2.05, 4.69) is 29.5 Å². The Bertz CT molecular complexity index is 640. The van der Waals surface area contributed by atoms with Crippen molar-refractivity contribution in [1.29, 1.82) is 0 Å². The first-order valence-electron chi connectivity index (χ1n) is 7.74. The molecule has 2 aromatic rings. The summed E-state index contributed by atoms with van der Waals surface area (Å²) < 4.78 is 5.72. The van der Waals surface area contributed by atoms with Crippen molar-refractivity contribution in [2.75, 3.05) is 11.9 Å². The third-order valence-electron chi connectivity index (χ3n) is 3.87. The van der Waals surface area contributed by atoms with Gasteiger partial charge in [0.15, 0.2) is 0 Å². The molecule has 3 rings (SSSR count). The smallest absolute Gasteiger partial charge is 0.241 e. The zero-order valence-corrected chi connectivity index (χ0v) is 12.9. The van der Waals surface area contributed by atoms with E-state index in [1.807, 2.05) is 24.3 Å². The Labute approximate surface area is 130 Å². The van der Waals surface area contributed by atoms with Gasteiger partial charge in [-0.05, 0) is 43.7 Å². The minimum absolute atomic E-state index is 0.0310. The normalized spacial score (nSPS) is 17.9. The van der Waals surface area contributed by atoms with E-state index in [0.717, 1.165) is 36.4 Å². The van der Waals surface area contributed by atoms with Gasteiger partial charge >= 0.3 is 0 Å². The molecule has 1 aliphatic heterocycles. The van der Waals surface area contributed by atoms with Crippen LogP contribution in [0.3, 0.4) is 0 Å². The van der Waals surface area contributed by atoms with Crippen LogP contribution in [-0.4, -0.2) is 23.5 Å². The zero-order chi connectivity index (χ0) is 15.5. The van der Waals surface area contributed by atoms with Crippen molar-refractivity contribution in [3.05, 3.63) is 36.2 Å². The SMILES string of the molecule is CC(C)c1cnc(-c2ccc(NC(=O)C3CCCN3)cc2)o1. The molecule has 1 saturated heterocycles. The van der Waals surface area contributed by atoms with E-state index in [1.165, 1.54) is 0 Å². The van der Waals surface area contributed by atoms with Gasteiger partial charge in [-0.2, -0.15) is 0 Å². The van der Waals surface area contributed by atoms with E-state index in [1.54, 1.807) is 6.20 Å². The number of carbonyl (C=O) groups excluding carboxylic acids is 1. The summed E-state index contributed by atoms with van der Waals surface area (Å²) in [7, 11) is 0. The van der Waals surface area contributed by atoms with Crippen LogP contribution in [0.5, 0.6) is 0 Å². The van der Waals surface area contributed by atoms with Crippen LogP contribution in [0.2, 0.25) is 0 Å². The summed E-state index contributed by atoms with van der Waals surface area (Å²) in [5, 5.41) is 6.12. The molecule has 5 heteroatoms. The molecule has 1 aliphatic rings. The highest BCUT2D eigenvalue weighted by atomic mass is 16.4. The van der Waals surface area contributed by atoms with E-state index in [4.69, 9.17) is 4.42 Å². The van der Waals surface area contributed by atoms with Crippen LogP contribution >= 0.6 is 0 Å². The molecule has 2 heterocycles. The van der Waals surface area contributed by atoms with Crippen LogP contribution in [0, 0.1) is 0 Å². The van der Waals surface area contributed by atoms with Crippen LogP contribution in [0.1, 0.15) is 38.4 Å². The molecule has 116 valence electrons. The zero-order valence-electron chi connectivity index (χ0n) is 12.9. The van der Waals surface area contributed by atoms with Crippen LogP contribution < -0.4 is 10.6 Å². The number of aromatic nitrogens is 1. The first-order chi connectivity index (χ1) is 10.6. The van der Waals surface area contributed by atoms with E-state index < -0.39 is 0 Å². The summed E-state index contributed by atoms with van der Waals surface area (Å²) in [6, 6.07) is 7.50.